The first-order chi connectivity index (χ1) is 8.55. The van der Waals surface area contributed by atoms with Gasteiger partial charge in [-0.3, -0.25) is 0 Å². The molecule has 0 saturated heterocycles. The summed E-state index contributed by atoms with van der Waals surface area (Å²) in [6, 6.07) is 0. The van der Waals surface area contributed by atoms with E-state index in [-0.39, 0.29) is 5.13 Å². The molecular formula is C10H14F3N3OS. The summed E-state index contributed by atoms with van der Waals surface area (Å²) in [4.78, 5) is 3.37. The standard InChI is InChI=1S/C10H14F3N3OS/c11-10(12,13)8-15-9(18-16-8)14-4-1-5-17-6-7-2-3-7/h7H,1-6H2,(H,14,15,16). The summed E-state index contributed by atoms with van der Waals surface area (Å²) >= 11 is 0.722. The minimum absolute atomic E-state index is 0.199. The molecule has 0 unspecified atom stereocenters. The SMILES string of the molecule is FC(F)(F)c1nsc(NCCCOCC2CC2)n1. The normalized spacial score (nSPS) is 15.9. The van der Waals surface area contributed by atoms with E-state index in [1.807, 2.05) is 0 Å². The van der Waals surface area contributed by atoms with E-state index < -0.39 is 12.0 Å². The van der Waals surface area contributed by atoms with Gasteiger partial charge in [-0.1, -0.05) is 0 Å². The molecule has 1 aliphatic carbocycles. The van der Waals surface area contributed by atoms with Crippen molar-refractivity contribution in [1.29, 1.82) is 0 Å². The summed E-state index contributed by atoms with van der Waals surface area (Å²) in [6.07, 6.45) is -1.22. The highest BCUT2D eigenvalue weighted by molar-refractivity contribution is 7.09. The molecule has 1 N–H and O–H groups in total. The van der Waals surface area contributed by atoms with Crippen LogP contribution in [-0.2, 0) is 10.9 Å². The van der Waals surface area contributed by atoms with Crippen molar-refractivity contribution >= 4 is 16.7 Å². The smallest absolute Gasteiger partial charge is 0.381 e. The Bertz CT molecular complexity index is 379. The van der Waals surface area contributed by atoms with Crippen LogP contribution in [0.25, 0.3) is 0 Å². The van der Waals surface area contributed by atoms with Crippen LogP contribution in [0.1, 0.15) is 25.1 Å². The van der Waals surface area contributed by atoms with Gasteiger partial charge < -0.3 is 10.1 Å². The Morgan fingerprint density at radius 2 is 2.17 bits per heavy atom. The molecule has 1 aromatic heterocycles. The molecule has 18 heavy (non-hydrogen) atoms. The van der Waals surface area contributed by atoms with Crippen molar-refractivity contribution in [3.8, 4) is 0 Å². The molecule has 0 spiro atoms. The lowest BCUT2D eigenvalue weighted by Gasteiger charge is -2.03. The maximum absolute atomic E-state index is 12.2. The molecule has 0 radical (unpaired) electrons. The van der Waals surface area contributed by atoms with E-state index in [1.165, 1.54) is 12.8 Å². The Morgan fingerprint density at radius 3 is 2.78 bits per heavy atom. The van der Waals surface area contributed by atoms with E-state index in [2.05, 4.69) is 14.7 Å². The van der Waals surface area contributed by atoms with Crippen molar-refractivity contribution in [3.63, 3.8) is 0 Å². The zero-order chi connectivity index (χ0) is 13.0. The molecule has 0 aromatic carbocycles. The Labute approximate surface area is 107 Å². The van der Waals surface area contributed by atoms with Crippen LogP contribution < -0.4 is 5.32 Å². The number of anilines is 1. The zero-order valence-corrected chi connectivity index (χ0v) is 10.5. The number of aromatic nitrogens is 2. The molecule has 1 heterocycles. The van der Waals surface area contributed by atoms with Gasteiger partial charge in [0.15, 0.2) is 0 Å². The average molecular weight is 281 g/mol. The van der Waals surface area contributed by atoms with Crippen molar-refractivity contribution in [1.82, 2.24) is 9.36 Å². The van der Waals surface area contributed by atoms with Gasteiger partial charge in [0.2, 0.25) is 11.0 Å². The van der Waals surface area contributed by atoms with Crippen molar-refractivity contribution in [2.75, 3.05) is 25.1 Å². The summed E-state index contributed by atoms with van der Waals surface area (Å²) in [5.41, 5.74) is 0. The Morgan fingerprint density at radius 1 is 1.39 bits per heavy atom. The third-order valence-electron chi connectivity index (χ3n) is 2.47. The highest BCUT2D eigenvalue weighted by Gasteiger charge is 2.36. The summed E-state index contributed by atoms with van der Waals surface area (Å²) in [5.74, 6) is -0.351. The Hall–Kier alpha value is -0.890. The number of ether oxygens (including phenoxy) is 1. The van der Waals surface area contributed by atoms with Crippen LogP contribution in [0.5, 0.6) is 0 Å². The zero-order valence-electron chi connectivity index (χ0n) is 9.66. The van der Waals surface area contributed by atoms with Gasteiger partial charge in [-0.05, 0) is 25.2 Å². The number of nitrogens with one attached hydrogen (secondary N) is 1. The van der Waals surface area contributed by atoms with Crippen molar-refractivity contribution in [2.45, 2.75) is 25.4 Å². The van der Waals surface area contributed by atoms with Crippen LogP contribution in [0.15, 0.2) is 0 Å². The highest BCUT2D eigenvalue weighted by atomic mass is 32.1. The van der Waals surface area contributed by atoms with Crippen molar-refractivity contribution in [3.05, 3.63) is 5.82 Å². The number of alkyl halides is 3. The van der Waals surface area contributed by atoms with Crippen LogP contribution >= 0.6 is 11.5 Å². The first-order valence-corrected chi connectivity index (χ1v) is 6.55. The number of halogens is 3. The van der Waals surface area contributed by atoms with E-state index >= 15 is 0 Å². The molecule has 1 aromatic rings. The lowest BCUT2D eigenvalue weighted by Crippen LogP contribution is -2.09. The fourth-order valence-electron chi connectivity index (χ4n) is 1.31. The molecule has 0 bridgehead atoms. The van der Waals surface area contributed by atoms with Gasteiger partial charge in [0.05, 0.1) is 0 Å². The second-order valence-corrected chi connectivity index (χ2v) is 4.97. The van der Waals surface area contributed by atoms with Crippen molar-refractivity contribution < 1.29 is 17.9 Å². The topological polar surface area (TPSA) is 47.0 Å². The quantitative estimate of drug-likeness (QED) is 0.781. The minimum atomic E-state index is -4.47. The molecule has 1 saturated carbocycles. The van der Waals surface area contributed by atoms with Gasteiger partial charge in [-0.15, -0.1) is 0 Å². The molecule has 1 fully saturated rings. The predicted molar refractivity (Wildman–Crippen MR) is 61.6 cm³/mol. The summed E-state index contributed by atoms with van der Waals surface area (Å²) in [6.45, 7) is 1.96. The van der Waals surface area contributed by atoms with E-state index in [9.17, 15) is 13.2 Å². The van der Waals surface area contributed by atoms with Crippen LogP contribution in [0, 0.1) is 5.92 Å². The molecule has 8 heteroatoms. The van der Waals surface area contributed by atoms with E-state index in [0.717, 1.165) is 30.5 Å². The van der Waals surface area contributed by atoms with Crippen LogP contribution in [0.4, 0.5) is 18.3 Å². The second kappa shape index (κ2) is 5.83. The first-order valence-electron chi connectivity index (χ1n) is 5.78. The molecular weight excluding hydrogens is 267 g/mol. The maximum Gasteiger partial charge on any atom is 0.452 e. The minimum Gasteiger partial charge on any atom is -0.381 e. The first kappa shape index (κ1) is 13.5. The van der Waals surface area contributed by atoms with Crippen LogP contribution in [0.2, 0.25) is 0 Å². The van der Waals surface area contributed by atoms with Gasteiger partial charge in [0.25, 0.3) is 0 Å². The summed E-state index contributed by atoms with van der Waals surface area (Å²) in [5, 5.41) is 3.00. The third kappa shape index (κ3) is 4.41. The molecule has 1 aliphatic rings. The molecule has 0 amide bonds. The molecule has 0 atom stereocenters. The summed E-state index contributed by atoms with van der Waals surface area (Å²) < 4.78 is 45.3. The lowest BCUT2D eigenvalue weighted by atomic mass is 10.4. The number of nitrogens with zero attached hydrogens (tertiary/aromatic N) is 2. The van der Waals surface area contributed by atoms with Gasteiger partial charge in [0.1, 0.15) is 0 Å². The predicted octanol–water partition coefficient (Wildman–Crippen LogP) is 2.79. The Balaban J connectivity index is 1.59. The highest BCUT2D eigenvalue weighted by Crippen LogP contribution is 2.29. The van der Waals surface area contributed by atoms with E-state index in [4.69, 9.17) is 4.74 Å². The fourth-order valence-corrected chi connectivity index (χ4v) is 1.93. The molecule has 0 aliphatic heterocycles. The van der Waals surface area contributed by atoms with E-state index in [1.54, 1.807) is 0 Å². The van der Waals surface area contributed by atoms with Crippen LogP contribution in [0.3, 0.4) is 0 Å². The van der Waals surface area contributed by atoms with E-state index in [0.29, 0.717) is 13.2 Å². The van der Waals surface area contributed by atoms with Crippen LogP contribution in [-0.4, -0.2) is 29.1 Å². The number of rotatable bonds is 7. The molecule has 102 valence electrons. The molecule has 4 nitrogen and oxygen atoms in total. The summed E-state index contributed by atoms with van der Waals surface area (Å²) in [7, 11) is 0. The van der Waals surface area contributed by atoms with Gasteiger partial charge in [-0.25, -0.2) is 0 Å². The average Bonchev–Trinajstić information content (AvgIpc) is 2.98. The number of hydrogen-bond donors (Lipinski definition) is 1. The maximum atomic E-state index is 12.2. The fraction of sp³-hybridized carbons (Fsp3) is 0.800. The van der Waals surface area contributed by atoms with Gasteiger partial charge in [-0.2, -0.15) is 22.5 Å². The second-order valence-electron chi connectivity index (χ2n) is 4.22. The van der Waals surface area contributed by atoms with Gasteiger partial charge >= 0.3 is 6.18 Å². The number of hydrogen-bond acceptors (Lipinski definition) is 5. The molecule has 2 rings (SSSR count). The Kier molecular flexibility index (Phi) is 4.39. The third-order valence-corrected chi connectivity index (χ3v) is 3.14. The largest absolute Gasteiger partial charge is 0.452 e. The monoisotopic (exact) mass is 281 g/mol. The van der Waals surface area contributed by atoms with Crippen molar-refractivity contribution in [2.24, 2.45) is 5.92 Å². The van der Waals surface area contributed by atoms with Gasteiger partial charge in [0, 0.05) is 31.3 Å². The lowest BCUT2D eigenvalue weighted by molar-refractivity contribution is -0.144.